The highest BCUT2D eigenvalue weighted by molar-refractivity contribution is 6.30. The van der Waals surface area contributed by atoms with E-state index in [1.54, 1.807) is 33.5 Å². The number of amides is 1. The Morgan fingerprint density at radius 3 is 2.35 bits per heavy atom. The number of halogens is 1. The molecular formula is C23H26ClNO6. The number of likely N-dealkylation sites (tertiary alicyclic amines) is 1. The van der Waals surface area contributed by atoms with E-state index in [0.717, 1.165) is 16.9 Å². The van der Waals surface area contributed by atoms with Crippen molar-refractivity contribution in [3.63, 3.8) is 0 Å². The van der Waals surface area contributed by atoms with Crippen LogP contribution in [-0.2, 0) is 22.6 Å². The van der Waals surface area contributed by atoms with Crippen molar-refractivity contribution in [2.45, 2.75) is 31.7 Å². The fourth-order valence-electron chi connectivity index (χ4n) is 4.07. The van der Waals surface area contributed by atoms with Crippen LogP contribution in [0, 0.1) is 0 Å². The second kappa shape index (κ2) is 8.85. The summed E-state index contributed by atoms with van der Waals surface area (Å²) in [5.41, 5.74) is 1.75. The van der Waals surface area contributed by atoms with Gasteiger partial charge in [-0.1, -0.05) is 11.6 Å². The first kappa shape index (κ1) is 21.6. The van der Waals surface area contributed by atoms with Gasteiger partial charge in [0.1, 0.15) is 5.75 Å². The predicted octanol–water partition coefficient (Wildman–Crippen LogP) is 3.84. The van der Waals surface area contributed by atoms with Gasteiger partial charge in [-0.05, 0) is 35.9 Å². The van der Waals surface area contributed by atoms with Crippen LogP contribution in [0.4, 0.5) is 0 Å². The molecular weight excluding hydrogens is 422 g/mol. The number of ether oxygens (including phenoxy) is 5. The number of carbonyl (C=O) groups excluding carboxylic acids is 1. The number of fused-ring (bicyclic) bond motifs is 1. The van der Waals surface area contributed by atoms with Gasteiger partial charge in [0.2, 0.25) is 17.4 Å². The Hall–Kier alpha value is -2.64. The fourth-order valence-corrected chi connectivity index (χ4v) is 4.26. The molecule has 0 saturated carbocycles. The van der Waals surface area contributed by atoms with Crippen LogP contribution in [-0.4, -0.2) is 51.0 Å². The molecule has 8 heteroatoms. The molecule has 31 heavy (non-hydrogen) atoms. The summed E-state index contributed by atoms with van der Waals surface area (Å²) in [5.74, 6) is 1.72. The van der Waals surface area contributed by atoms with Gasteiger partial charge in [-0.3, -0.25) is 4.79 Å². The first-order valence-corrected chi connectivity index (χ1v) is 10.5. The zero-order valence-electron chi connectivity index (χ0n) is 17.9. The molecule has 1 fully saturated rings. The molecule has 0 bridgehead atoms. The molecule has 0 aromatic heterocycles. The van der Waals surface area contributed by atoms with Crippen LogP contribution in [0.5, 0.6) is 23.0 Å². The Kier molecular flexibility index (Phi) is 6.16. The topological polar surface area (TPSA) is 66.5 Å². The van der Waals surface area contributed by atoms with Gasteiger partial charge >= 0.3 is 0 Å². The number of hydrogen-bond acceptors (Lipinski definition) is 6. The number of benzene rings is 2. The summed E-state index contributed by atoms with van der Waals surface area (Å²) in [6, 6.07) is 9.17. The quantitative estimate of drug-likeness (QED) is 0.693. The zero-order valence-corrected chi connectivity index (χ0v) is 18.7. The fraction of sp³-hybridized carbons (Fsp3) is 0.435. The van der Waals surface area contributed by atoms with Crippen molar-refractivity contribution in [2.24, 2.45) is 0 Å². The van der Waals surface area contributed by atoms with Crippen molar-refractivity contribution in [2.75, 3.05) is 34.4 Å². The van der Waals surface area contributed by atoms with Gasteiger partial charge in [-0.15, -0.1) is 0 Å². The number of methoxy groups -OCH3 is 3. The summed E-state index contributed by atoms with van der Waals surface area (Å²) in [4.78, 5) is 14.8. The summed E-state index contributed by atoms with van der Waals surface area (Å²) in [6.07, 6.45) is 1.46. The van der Waals surface area contributed by atoms with Gasteiger partial charge in [0.15, 0.2) is 11.5 Å². The van der Waals surface area contributed by atoms with Crippen molar-refractivity contribution < 1.29 is 28.5 Å². The van der Waals surface area contributed by atoms with Crippen molar-refractivity contribution in [3.8, 4) is 23.0 Å². The molecule has 2 heterocycles. The van der Waals surface area contributed by atoms with Crippen LogP contribution < -0.4 is 18.9 Å². The Morgan fingerprint density at radius 1 is 1.06 bits per heavy atom. The molecule has 0 radical (unpaired) electrons. The predicted molar refractivity (Wildman–Crippen MR) is 115 cm³/mol. The monoisotopic (exact) mass is 447 g/mol. The van der Waals surface area contributed by atoms with E-state index in [2.05, 4.69) is 0 Å². The van der Waals surface area contributed by atoms with Gasteiger partial charge in [0.05, 0.1) is 34.4 Å². The average molecular weight is 448 g/mol. The molecule has 2 aliphatic heterocycles. The van der Waals surface area contributed by atoms with E-state index in [1.165, 1.54) is 0 Å². The molecule has 1 amide bonds. The molecule has 1 spiro atoms. The Labute approximate surface area is 186 Å². The lowest BCUT2D eigenvalue weighted by molar-refractivity contribution is -0.227. The van der Waals surface area contributed by atoms with E-state index in [0.29, 0.717) is 54.8 Å². The van der Waals surface area contributed by atoms with Crippen molar-refractivity contribution >= 4 is 17.5 Å². The normalized spacial score (nSPS) is 17.0. The first-order chi connectivity index (χ1) is 15.0. The minimum atomic E-state index is -0.690. The highest BCUT2D eigenvalue weighted by atomic mass is 35.5. The van der Waals surface area contributed by atoms with E-state index in [-0.39, 0.29) is 12.3 Å². The zero-order chi connectivity index (χ0) is 22.0. The Bertz CT molecular complexity index is 946. The van der Waals surface area contributed by atoms with Gasteiger partial charge in [0, 0.05) is 36.5 Å². The Balaban J connectivity index is 1.41. The minimum absolute atomic E-state index is 0.0344. The molecule has 0 aliphatic carbocycles. The molecule has 7 nitrogen and oxygen atoms in total. The van der Waals surface area contributed by atoms with E-state index >= 15 is 0 Å². The smallest absolute Gasteiger partial charge is 0.227 e. The molecule has 166 valence electrons. The lowest BCUT2D eigenvalue weighted by Crippen LogP contribution is -2.52. The highest BCUT2D eigenvalue weighted by Crippen LogP contribution is 2.40. The third-order valence-corrected chi connectivity index (χ3v) is 6.00. The van der Waals surface area contributed by atoms with Crippen LogP contribution in [0.15, 0.2) is 30.3 Å². The lowest BCUT2D eigenvalue weighted by atomic mass is 10.0. The Morgan fingerprint density at radius 2 is 1.74 bits per heavy atom. The second-order valence-electron chi connectivity index (χ2n) is 7.64. The molecule has 0 unspecified atom stereocenters. The van der Waals surface area contributed by atoms with Gasteiger partial charge < -0.3 is 28.6 Å². The summed E-state index contributed by atoms with van der Waals surface area (Å²) in [5, 5.41) is 0.661. The molecule has 2 aliphatic rings. The first-order valence-electron chi connectivity index (χ1n) is 10.1. The van der Waals surface area contributed by atoms with Crippen molar-refractivity contribution in [3.05, 3.63) is 46.5 Å². The largest absolute Gasteiger partial charge is 0.493 e. The highest BCUT2D eigenvalue weighted by Gasteiger charge is 2.41. The maximum Gasteiger partial charge on any atom is 0.227 e. The van der Waals surface area contributed by atoms with Gasteiger partial charge in [0.25, 0.3) is 0 Å². The third-order valence-electron chi connectivity index (χ3n) is 5.77. The van der Waals surface area contributed by atoms with E-state index < -0.39 is 5.79 Å². The molecule has 2 aromatic carbocycles. The van der Waals surface area contributed by atoms with Crippen LogP contribution in [0.1, 0.15) is 24.0 Å². The maximum absolute atomic E-state index is 12.9. The number of hydrogen-bond donors (Lipinski definition) is 0. The molecule has 4 rings (SSSR count). The van der Waals surface area contributed by atoms with Crippen LogP contribution in [0.3, 0.4) is 0 Å². The number of piperidine rings is 1. The minimum Gasteiger partial charge on any atom is -0.493 e. The van der Waals surface area contributed by atoms with E-state index in [4.69, 9.17) is 35.3 Å². The second-order valence-corrected chi connectivity index (χ2v) is 8.08. The SMILES string of the molecule is COc1cc(CC(=O)N2CCC3(CC2)OCc2cc(Cl)ccc2O3)cc(OC)c1OC. The number of carbonyl (C=O) groups is 1. The van der Waals surface area contributed by atoms with E-state index in [1.807, 2.05) is 23.1 Å². The number of nitrogens with zero attached hydrogens (tertiary/aromatic N) is 1. The number of rotatable bonds is 5. The summed E-state index contributed by atoms with van der Waals surface area (Å²) >= 11 is 6.05. The molecule has 0 N–H and O–H groups in total. The molecule has 1 saturated heterocycles. The lowest BCUT2D eigenvalue weighted by Gasteiger charge is -2.44. The summed E-state index contributed by atoms with van der Waals surface area (Å²) in [6.45, 7) is 1.58. The standard InChI is InChI=1S/C23H26ClNO6/c1-27-19-10-15(11-20(28-2)22(19)29-3)12-21(26)25-8-6-23(7-9-25)30-14-16-13-17(24)4-5-18(16)31-23/h4-5,10-11,13H,6-9,12,14H2,1-3H3. The maximum atomic E-state index is 12.9. The van der Waals surface area contributed by atoms with Crippen LogP contribution >= 0.6 is 11.6 Å². The molecule has 2 aromatic rings. The summed E-state index contributed by atoms with van der Waals surface area (Å²) < 4.78 is 28.4. The van der Waals surface area contributed by atoms with Crippen LogP contribution in [0.25, 0.3) is 0 Å². The van der Waals surface area contributed by atoms with Gasteiger partial charge in [-0.25, -0.2) is 0 Å². The van der Waals surface area contributed by atoms with Crippen molar-refractivity contribution in [1.29, 1.82) is 0 Å². The van der Waals surface area contributed by atoms with Crippen LogP contribution in [0.2, 0.25) is 5.02 Å². The van der Waals surface area contributed by atoms with E-state index in [9.17, 15) is 4.79 Å². The molecule has 0 atom stereocenters. The average Bonchev–Trinajstić information content (AvgIpc) is 2.79. The van der Waals surface area contributed by atoms with Crippen molar-refractivity contribution in [1.82, 2.24) is 4.90 Å². The van der Waals surface area contributed by atoms with Gasteiger partial charge in [-0.2, -0.15) is 0 Å². The summed E-state index contributed by atoms with van der Waals surface area (Å²) in [7, 11) is 4.67. The third kappa shape index (κ3) is 4.38.